The SMILES string of the molecule is C[C@H]1CCN(C(=O)OC(C)(C)C)[C@H](C(=O)OCc2ccccc2)C1. The Kier molecular flexibility index (Phi) is 5.86. The molecule has 0 aromatic heterocycles. The third-order valence-electron chi connectivity index (χ3n) is 3.99. The van der Waals surface area contributed by atoms with Crippen molar-refractivity contribution < 1.29 is 19.1 Å². The average Bonchev–Trinajstić information content (AvgIpc) is 2.51. The first-order valence-electron chi connectivity index (χ1n) is 8.46. The number of esters is 1. The maximum Gasteiger partial charge on any atom is 0.411 e. The molecule has 0 radical (unpaired) electrons. The van der Waals surface area contributed by atoms with Crippen molar-refractivity contribution in [2.75, 3.05) is 6.54 Å². The third kappa shape index (κ3) is 5.25. The molecule has 132 valence electrons. The number of likely N-dealkylation sites (tertiary alicyclic amines) is 1. The minimum atomic E-state index is -0.585. The van der Waals surface area contributed by atoms with Crippen LogP contribution in [0.2, 0.25) is 0 Å². The summed E-state index contributed by atoms with van der Waals surface area (Å²) >= 11 is 0. The van der Waals surface area contributed by atoms with Gasteiger partial charge in [-0.25, -0.2) is 9.59 Å². The highest BCUT2D eigenvalue weighted by atomic mass is 16.6. The van der Waals surface area contributed by atoms with E-state index in [9.17, 15) is 9.59 Å². The summed E-state index contributed by atoms with van der Waals surface area (Å²) < 4.78 is 10.9. The molecule has 5 heteroatoms. The van der Waals surface area contributed by atoms with Gasteiger partial charge < -0.3 is 9.47 Å². The van der Waals surface area contributed by atoms with Gasteiger partial charge in [-0.05, 0) is 45.1 Å². The van der Waals surface area contributed by atoms with E-state index in [1.807, 2.05) is 51.1 Å². The number of rotatable bonds is 3. The Balaban J connectivity index is 2.02. The zero-order valence-electron chi connectivity index (χ0n) is 15.0. The Bertz CT molecular complexity index is 564. The number of hydrogen-bond acceptors (Lipinski definition) is 4. The first-order chi connectivity index (χ1) is 11.3. The minimum absolute atomic E-state index is 0.215. The third-order valence-corrected chi connectivity index (χ3v) is 3.99. The fourth-order valence-corrected chi connectivity index (χ4v) is 2.73. The van der Waals surface area contributed by atoms with Crippen LogP contribution in [0.3, 0.4) is 0 Å². The molecule has 1 heterocycles. The Morgan fingerprint density at radius 3 is 2.50 bits per heavy atom. The van der Waals surface area contributed by atoms with Crippen LogP contribution >= 0.6 is 0 Å². The quantitative estimate of drug-likeness (QED) is 0.790. The predicted molar refractivity (Wildman–Crippen MR) is 91.4 cm³/mol. The van der Waals surface area contributed by atoms with Crippen molar-refractivity contribution in [3.63, 3.8) is 0 Å². The Hall–Kier alpha value is -2.04. The molecule has 0 bridgehead atoms. The molecule has 5 nitrogen and oxygen atoms in total. The van der Waals surface area contributed by atoms with Crippen molar-refractivity contribution in [3.8, 4) is 0 Å². The molecule has 1 aromatic carbocycles. The Morgan fingerprint density at radius 2 is 1.88 bits per heavy atom. The number of piperidine rings is 1. The molecule has 1 saturated heterocycles. The molecular weight excluding hydrogens is 306 g/mol. The number of nitrogens with zero attached hydrogens (tertiary/aromatic N) is 1. The second kappa shape index (κ2) is 7.69. The second-order valence-electron chi connectivity index (χ2n) is 7.41. The van der Waals surface area contributed by atoms with Gasteiger partial charge in [0.25, 0.3) is 0 Å². The van der Waals surface area contributed by atoms with Crippen LogP contribution in [0.15, 0.2) is 30.3 Å². The molecule has 0 unspecified atom stereocenters. The highest BCUT2D eigenvalue weighted by molar-refractivity contribution is 5.81. The number of benzene rings is 1. The number of ether oxygens (including phenoxy) is 2. The lowest BCUT2D eigenvalue weighted by molar-refractivity contribution is -0.153. The zero-order chi connectivity index (χ0) is 17.7. The topological polar surface area (TPSA) is 55.8 Å². The largest absolute Gasteiger partial charge is 0.459 e. The van der Waals surface area contributed by atoms with Crippen LogP contribution in [0.5, 0.6) is 0 Å². The smallest absolute Gasteiger partial charge is 0.411 e. The Morgan fingerprint density at radius 1 is 1.21 bits per heavy atom. The van der Waals surface area contributed by atoms with Gasteiger partial charge in [0.05, 0.1) is 0 Å². The number of amides is 1. The molecule has 1 aliphatic heterocycles. The van der Waals surface area contributed by atoms with Gasteiger partial charge in [-0.15, -0.1) is 0 Å². The van der Waals surface area contributed by atoms with Crippen molar-refractivity contribution in [1.82, 2.24) is 4.90 Å². The summed E-state index contributed by atoms with van der Waals surface area (Å²) in [4.78, 5) is 26.4. The molecule has 1 amide bonds. The van der Waals surface area contributed by atoms with Gasteiger partial charge in [0.1, 0.15) is 18.2 Å². The van der Waals surface area contributed by atoms with Crippen LogP contribution in [0, 0.1) is 5.92 Å². The van der Waals surface area contributed by atoms with Crippen molar-refractivity contribution in [2.45, 2.75) is 58.8 Å². The molecule has 0 spiro atoms. The molecule has 0 aliphatic carbocycles. The van der Waals surface area contributed by atoms with Crippen LogP contribution in [-0.2, 0) is 20.9 Å². The molecule has 1 aliphatic rings. The molecule has 24 heavy (non-hydrogen) atoms. The monoisotopic (exact) mass is 333 g/mol. The highest BCUT2D eigenvalue weighted by Crippen LogP contribution is 2.25. The maximum absolute atomic E-state index is 12.5. The van der Waals surface area contributed by atoms with Crippen molar-refractivity contribution in [1.29, 1.82) is 0 Å². The van der Waals surface area contributed by atoms with E-state index in [1.54, 1.807) is 0 Å². The fourth-order valence-electron chi connectivity index (χ4n) is 2.73. The first-order valence-corrected chi connectivity index (χ1v) is 8.46. The molecule has 2 atom stereocenters. The molecule has 0 N–H and O–H groups in total. The van der Waals surface area contributed by atoms with Crippen molar-refractivity contribution in [3.05, 3.63) is 35.9 Å². The number of carbonyl (C=O) groups excluding carboxylic acids is 2. The fraction of sp³-hybridized carbons (Fsp3) is 0.579. The van der Waals surface area contributed by atoms with Crippen LogP contribution in [0.4, 0.5) is 4.79 Å². The maximum atomic E-state index is 12.5. The summed E-state index contributed by atoms with van der Waals surface area (Å²) in [6.45, 7) is 8.28. The van der Waals surface area contributed by atoms with E-state index < -0.39 is 17.7 Å². The summed E-state index contributed by atoms with van der Waals surface area (Å²) in [7, 11) is 0. The summed E-state index contributed by atoms with van der Waals surface area (Å²) in [5.41, 5.74) is 0.345. The van der Waals surface area contributed by atoms with Gasteiger partial charge in [0.15, 0.2) is 0 Å². The van der Waals surface area contributed by atoms with Crippen LogP contribution in [-0.4, -0.2) is 35.2 Å². The van der Waals surface area contributed by atoms with Crippen LogP contribution in [0.1, 0.15) is 46.1 Å². The first kappa shape index (κ1) is 18.3. The lowest BCUT2D eigenvalue weighted by Gasteiger charge is -2.37. The predicted octanol–water partition coefficient (Wildman–Crippen LogP) is 3.77. The van der Waals surface area contributed by atoms with E-state index in [1.165, 1.54) is 4.90 Å². The van der Waals surface area contributed by atoms with E-state index in [4.69, 9.17) is 9.47 Å². The molecule has 2 rings (SSSR count). The van der Waals surface area contributed by atoms with Crippen molar-refractivity contribution in [2.24, 2.45) is 5.92 Å². The van der Waals surface area contributed by atoms with E-state index in [0.717, 1.165) is 12.0 Å². The van der Waals surface area contributed by atoms with Crippen LogP contribution in [0.25, 0.3) is 0 Å². The lowest BCUT2D eigenvalue weighted by Crippen LogP contribution is -2.51. The summed E-state index contributed by atoms with van der Waals surface area (Å²) in [5, 5.41) is 0. The van der Waals surface area contributed by atoms with E-state index >= 15 is 0 Å². The second-order valence-corrected chi connectivity index (χ2v) is 7.41. The van der Waals surface area contributed by atoms with E-state index in [0.29, 0.717) is 18.9 Å². The minimum Gasteiger partial charge on any atom is -0.459 e. The van der Waals surface area contributed by atoms with Gasteiger partial charge in [0, 0.05) is 6.54 Å². The molecule has 1 fully saturated rings. The van der Waals surface area contributed by atoms with Gasteiger partial charge in [-0.2, -0.15) is 0 Å². The standard InChI is InChI=1S/C19H27NO4/c1-14-10-11-20(18(22)24-19(2,3)4)16(12-14)17(21)23-13-15-8-6-5-7-9-15/h5-9,14,16H,10-13H2,1-4H3/t14-,16-/m0/s1. The van der Waals surface area contributed by atoms with Gasteiger partial charge in [0.2, 0.25) is 0 Å². The summed E-state index contributed by atoms with van der Waals surface area (Å²) in [5.74, 6) is 0.00854. The van der Waals surface area contributed by atoms with Crippen molar-refractivity contribution >= 4 is 12.1 Å². The summed E-state index contributed by atoms with van der Waals surface area (Å²) in [6.07, 6.45) is 1.02. The van der Waals surface area contributed by atoms with Gasteiger partial charge in [-0.3, -0.25) is 4.90 Å². The number of hydrogen-bond donors (Lipinski definition) is 0. The molecule has 1 aromatic rings. The highest BCUT2D eigenvalue weighted by Gasteiger charge is 2.38. The summed E-state index contributed by atoms with van der Waals surface area (Å²) in [6, 6.07) is 8.95. The normalized spacial score (nSPS) is 21.2. The zero-order valence-corrected chi connectivity index (χ0v) is 15.0. The Labute approximate surface area is 143 Å². The average molecular weight is 333 g/mol. The van der Waals surface area contributed by atoms with Gasteiger partial charge in [-0.1, -0.05) is 37.3 Å². The number of carbonyl (C=O) groups is 2. The van der Waals surface area contributed by atoms with Crippen LogP contribution < -0.4 is 0 Å². The van der Waals surface area contributed by atoms with E-state index in [-0.39, 0.29) is 12.6 Å². The lowest BCUT2D eigenvalue weighted by atomic mass is 9.93. The van der Waals surface area contributed by atoms with Gasteiger partial charge >= 0.3 is 12.1 Å². The van der Waals surface area contributed by atoms with E-state index in [2.05, 4.69) is 6.92 Å². The molecule has 0 saturated carbocycles. The molecular formula is C19H27NO4.